The summed E-state index contributed by atoms with van der Waals surface area (Å²) >= 11 is 5.99. The van der Waals surface area contributed by atoms with Crippen molar-refractivity contribution in [2.45, 2.75) is 33.7 Å². The van der Waals surface area contributed by atoms with Gasteiger partial charge in [0.05, 0.1) is 5.52 Å². The molecule has 1 N–H and O–H groups in total. The third-order valence-electron chi connectivity index (χ3n) is 3.63. The van der Waals surface area contributed by atoms with Crippen LogP contribution in [0.1, 0.15) is 37.6 Å². The van der Waals surface area contributed by atoms with Gasteiger partial charge < -0.3 is 9.88 Å². The first-order valence-corrected chi connectivity index (χ1v) is 7.92. The van der Waals surface area contributed by atoms with Gasteiger partial charge in [-0.25, -0.2) is 0 Å². The highest BCUT2D eigenvalue weighted by Gasteiger charge is 2.15. The number of nitrogens with zero attached hydrogens (tertiary/aromatic N) is 1. The number of hydrogen-bond donors (Lipinski definition) is 1. The topological polar surface area (TPSA) is 51.1 Å². The average molecular weight is 321 g/mol. The number of carbonyl (C=O) groups is 1. The molecule has 0 radical (unpaired) electrons. The van der Waals surface area contributed by atoms with Gasteiger partial charge in [0.25, 0.3) is 5.91 Å². The van der Waals surface area contributed by atoms with Crippen LogP contribution < -0.4 is 10.7 Å². The molecule has 1 heterocycles. The SMILES string of the molecule is CCn1cc(C(=O)NCCC(C)C)c(=O)c2cc(Cl)ccc21. The van der Waals surface area contributed by atoms with Crippen LogP contribution in [0.15, 0.2) is 29.2 Å². The van der Waals surface area contributed by atoms with Crippen LogP contribution >= 0.6 is 11.6 Å². The Morgan fingerprint density at radius 1 is 1.36 bits per heavy atom. The third-order valence-corrected chi connectivity index (χ3v) is 3.87. The number of pyridine rings is 1. The van der Waals surface area contributed by atoms with Crippen molar-refractivity contribution in [3.8, 4) is 0 Å². The molecule has 1 amide bonds. The van der Waals surface area contributed by atoms with E-state index < -0.39 is 0 Å². The second-order valence-corrected chi connectivity index (χ2v) is 6.19. The van der Waals surface area contributed by atoms with Gasteiger partial charge in [0, 0.05) is 29.7 Å². The molecule has 0 spiro atoms. The fraction of sp³-hybridized carbons (Fsp3) is 0.412. The van der Waals surface area contributed by atoms with Gasteiger partial charge >= 0.3 is 0 Å². The molecule has 0 fully saturated rings. The Balaban J connectivity index is 2.43. The van der Waals surface area contributed by atoms with Crippen molar-refractivity contribution in [3.05, 3.63) is 45.2 Å². The molecule has 0 aliphatic rings. The van der Waals surface area contributed by atoms with E-state index in [1.807, 2.05) is 17.6 Å². The molecule has 0 saturated heterocycles. The molecule has 0 aliphatic carbocycles. The molecule has 1 aromatic heterocycles. The van der Waals surface area contributed by atoms with E-state index in [4.69, 9.17) is 11.6 Å². The lowest BCUT2D eigenvalue weighted by molar-refractivity contribution is 0.0950. The number of hydrogen-bond acceptors (Lipinski definition) is 2. The lowest BCUT2D eigenvalue weighted by Gasteiger charge is -2.12. The summed E-state index contributed by atoms with van der Waals surface area (Å²) in [6, 6.07) is 5.18. The highest BCUT2D eigenvalue weighted by atomic mass is 35.5. The highest BCUT2D eigenvalue weighted by molar-refractivity contribution is 6.31. The van der Waals surface area contributed by atoms with Crippen LogP contribution in [0.25, 0.3) is 10.9 Å². The zero-order chi connectivity index (χ0) is 16.3. The summed E-state index contributed by atoms with van der Waals surface area (Å²) in [6.45, 7) is 7.39. The Kier molecular flexibility index (Phi) is 5.24. The van der Waals surface area contributed by atoms with Crippen LogP contribution in [0.2, 0.25) is 5.02 Å². The second-order valence-electron chi connectivity index (χ2n) is 5.76. The van der Waals surface area contributed by atoms with Gasteiger partial charge in [0.1, 0.15) is 5.56 Å². The Bertz CT molecular complexity index is 750. The van der Waals surface area contributed by atoms with Gasteiger partial charge in [0.2, 0.25) is 5.43 Å². The van der Waals surface area contributed by atoms with Crippen molar-refractivity contribution in [2.24, 2.45) is 5.92 Å². The first kappa shape index (κ1) is 16.6. The quantitative estimate of drug-likeness (QED) is 0.917. The van der Waals surface area contributed by atoms with Gasteiger partial charge in [-0.3, -0.25) is 9.59 Å². The molecule has 22 heavy (non-hydrogen) atoms. The van der Waals surface area contributed by atoms with Crippen LogP contribution in [-0.2, 0) is 6.54 Å². The molecule has 0 unspecified atom stereocenters. The Morgan fingerprint density at radius 3 is 2.73 bits per heavy atom. The van der Waals surface area contributed by atoms with Crippen molar-refractivity contribution in [1.82, 2.24) is 9.88 Å². The molecule has 0 aliphatic heterocycles. The Labute approximate surface area is 135 Å². The minimum absolute atomic E-state index is 0.167. The largest absolute Gasteiger partial charge is 0.352 e. The molecule has 1 aromatic carbocycles. The van der Waals surface area contributed by atoms with Crippen LogP contribution in [-0.4, -0.2) is 17.0 Å². The molecule has 4 nitrogen and oxygen atoms in total. The molecule has 118 valence electrons. The fourth-order valence-electron chi connectivity index (χ4n) is 2.36. The number of rotatable bonds is 5. The summed E-state index contributed by atoms with van der Waals surface area (Å²) in [5, 5.41) is 3.78. The van der Waals surface area contributed by atoms with Crippen molar-refractivity contribution in [3.63, 3.8) is 0 Å². The Hall–Kier alpha value is -1.81. The van der Waals surface area contributed by atoms with E-state index >= 15 is 0 Å². The first-order chi connectivity index (χ1) is 10.4. The highest BCUT2D eigenvalue weighted by Crippen LogP contribution is 2.17. The van der Waals surface area contributed by atoms with E-state index in [9.17, 15) is 9.59 Å². The van der Waals surface area contributed by atoms with E-state index in [0.29, 0.717) is 29.4 Å². The number of halogens is 1. The maximum atomic E-state index is 12.6. The molecule has 2 rings (SSSR count). The number of amides is 1. The van der Waals surface area contributed by atoms with E-state index in [1.165, 1.54) is 0 Å². The van der Waals surface area contributed by atoms with Crippen molar-refractivity contribution in [1.29, 1.82) is 0 Å². The van der Waals surface area contributed by atoms with Gasteiger partial charge in [-0.2, -0.15) is 0 Å². The number of benzene rings is 1. The summed E-state index contributed by atoms with van der Waals surface area (Å²) < 4.78 is 1.89. The lowest BCUT2D eigenvalue weighted by Crippen LogP contribution is -2.31. The second kappa shape index (κ2) is 6.97. The molecular weight excluding hydrogens is 300 g/mol. The number of aromatic nitrogens is 1. The number of carbonyl (C=O) groups excluding carboxylic acids is 1. The van der Waals surface area contributed by atoms with E-state index in [0.717, 1.165) is 11.9 Å². The van der Waals surface area contributed by atoms with Crippen LogP contribution in [0.3, 0.4) is 0 Å². The van der Waals surface area contributed by atoms with Gasteiger partial charge in [-0.15, -0.1) is 0 Å². The molecule has 2 aromatic rings. The van der Waals surface area contributed by atoms with Crippen LogP contribution in [0, 0.1) is 5.92 Å². The molecule has 0 saturated carbocycles. The smallest absolute Gasteiger partial charge is 0.256 e. The summed E-state index contributed by atoms with van der Waals surface area (Å²) in [7, 11) is 0. The summed E-state index contributed by atoms with van der Waals surface area (Å²) in [4.78, 5) is 24.8. The standard InChI is InChI=1S/C17H21ClN2O2/c1-4-20-10-14(17(22)19-8-7-11(2)3)16(21)13-9-12(18)5-6-15(13)20/h5-6,9-11H,4,7-8H2,1-3H3,(H,19,22). The molecule has 5 heteroatoms. The number of aryl methyl sites for hydroxylation is 1. The lowest BCUT2D eigenvalue weighted by atomic mass is 10.1. The number of fused-ring (bicyclic) bond motifs is 1. The molecule has 0 atom stereocenters. The maximum absolute atomic E-state index is 12.6. The number of nitrogens with one attached hydrogen (secondary N) is 1. The van der Waals surface area contributed by atoms with Crippen molar-refractivity contribution >= 4 is 28.4 Å². The predicted molar refractivity (Wildman–Crippen MR) is 90.7 cm³/mol. The normalized spacial score (nSPS) is 11.1. The van der Waals surface area contributed by atoms with Gasteiger partial charge in [-0.1, -0.05) is 25.4 Å². The minimum atomic E-state index is -0.324. The molecule has 0 bridgehead atoms. The van der Waals surface area contributed by atoms with Gasteiger partial charge in [-0.05, 0) is 37.5 Å². The summed E-state index contributed by atoms with van der Waals surface area (Å²) in [5.41, 5.74) is 0.681. The molecular formula is C17H21ClN2O2. The predicted octanol–water partition coefficient (Wildman–Crippen LogP) is 3.45. The minimum Gasteiger partial charge on any atom is -0.352 e. The first-order valence-electron chi connectivity index (χ1n) is 7.55. The maximum Gasteiger partial charge on any atom is 0.256 e. The van der Waals surface area contributed by atoms with Crippen molar-refractivity contribution in [2.75, 3.05) is 6.54 Å². The van der Waals surface area contributed by atoms with E-state index in [-0.39, 0.29) is 16.9 Å². The average Bonchev–Trinajstić information content (AvgIpc) is 2.47. The zero-order valence-corrected chi connectivity index (χ0v) is 13.9. The van der Waals surface area contributed by atoms with E-state index in [2.05, 4.69) is 19.2 Å². The third kappa shape index (κ3) is 3.50. The van der Waals surface area contributed by atoms with Crippen LogP contribution in [0.4, 0.5) is 0 Å². The monoisotopic (exact) mass is 320 g/mol. The zero-order valence-electron chi connectivity index (χ0n) is 13.1. The van der Waals surface area contributed by atoms with E-state index in [1.54, 1.807) is 18.3 Å². The van der Waals surface area contributed by atoms with Crippen molar-refractivity contribution < 1.29 is 4.79 Å². The fourth-order valence-corrected chi connectivity index (χ4v) is 2.53. The summed E-state index contributed by atoms with van der Waals surface area (Å²) in [6.07, 6.45) is 2.51. The van der Waals surface area contributed by atoms with Gasteiger partial charge in [0.15, 0.2) is 0 Å². The Morgan fingerprint density at radius 2 is 2.09 bits per heavy atom. The summed E-state index contributed by atoms with van der Waals surface area (Å²) in [5.74, 6) is 0.178. The van der Waals surface area contributed by atoms with Crippen LogP contribution in [0.5, 0.6) is 0 Å².